The Hall–Kier alpha value is -2.40. The molecule has 1 aromatic carbocycles. The second kappa shape index (κ2) is 11.1. The maximum atomic E-state index is 4.93. The largest absolute Gasteiger partial charge is 0.364 e. The van der Waals surface area contributed by atoms with Gasteiger partial charge in [-0.1, -0.05) is 17.3 Å². The van der Waals surface area contributed by atoms with Crippen molar-refractivity contribution in [2.24, 2.45) is 4.99 Å². The first kappa shape index (κ1) is 22.3. The lowest BCUT2D eigenvalue weighted by molar-refractivity contribution is 0.169. The van der Waals surface area contributed by atoms with E-state index in [1.807, 2.05) is 23.0 Å². The third-order valence-electron chi connectivity index (χ3n) is 4.97. The van der Waals surface area contributed by atoms with Crippen LogP contribution in [0.4, 0.5) is 0 Å². The predicted molar refractivity (Wildman–Crippen MR) is 127 cm³/mol. The van der Waals surface area contributed by atoms with Gasteiger partial charge in [-0.25, -0.2) is 9.67 Å². The molecule has 3 aromatic rings. The molecule has 1 saturated heterocycles. The van der Waals surface area contributed by atoms with Crippen molar-refractivity contribution >= 4 is 29.9 Å². The number of guanidine groups is 1. The highest BCUT2D eigenvalue weighted by Gasteiger charge is 2.20. The zero-order valence-electron chi connectivity index (χ0n) is 17.1. The first-order valence-corrected chi connectivity index (χ1v) is 10.1. The molecule has 1 fully saturated rings. The molecule has 0 aliphatic carbocycles. The lowest BCUT2D eigenvalue weighted by Gasteiger charge is -2.36. The van der Waals surface area contributed by atoms with Gasteiger partial charge in [-0.15, -0.1) is 24.0 Å². The Kier molecular flexibility index (Phi) is 8.26. The summed E-state index contributed by atoms with van der Waals surface area (Å²) < 4.78 is 6.80. The standard InChI is InChI=1S/C21H27N7O.HI/c1-2-22-21(27-12-10-26(11-13-27)17-19-7-14-29-25-19)23-16-18-5-3-6-20(15-18)28-9-4-8-24-28;/h3-9,14-15H,2,10-13,16-17H2,1H3,(H,22,23);1H. The highest BCUT2D eigenvalue weighted by molar-refractivity contribution is 14.0. The van der Waals surface area contributed by atoms with E-state index in [4.69, 9.17) is 9.52 Å². The quantitative estimate of drug-likeness (QED) is 0.306. The Balaban J connectivity index is 0.00000256. The lowest BCUT2D eigenvalue weighted by atomic mass is 10.2. The van der Waals surface area contributed by atoms with Crippen molar-refractivity contribution in [3.8, 4) is 5.69 Å². The number of halogens is 1. The van der Waals surface area contributed by atoms with E-state index < -0.39 is 0 Å². The third-order valence-corrected chi connectivity index (χ3v) is 4.97. The van der Waals surface area contributed by atoms with Crippen molar-refractivity contribution in [2.75, 3.05) is 32.7 Å². The zero-order chi connectivity index (χ0) is 19.9. The van der Waals surface area contributed by atoms with Gasteiger partial charge < -0.3 is 14.7 Å². The molecule has 1 aliphatic rings. The molecular formula is C21H28IN7O. The Morgan fingerprint density at radius 2 is 2.03 bits per heavy atom. The minimum atomic E-state index is 0. The number of benzene rings is 1. The molecule has 0 spiro atoms. The van der Waals surface area contributed by atoms with Crippen LogP contribution in [0.2, 0.25) is 0 Å². The number of aliphatic imine (C=N–C) groups is 1. The van der Waals surface area contributed by atoms with Gasteiger partial charge in [0.25, 0.3) is 0 Å². The number of aromatic nitrogens is 3. The Morgan fingerprint density at radius 3 is 2.73 bits per heavy atom. The van der Waals surface area contributed by atoms with Gasteiger partial charge in [0, 0.05) is 57.7 Å². The van der Waals surface area contributed by atoms with Gasteiger partial charge in [-0.2, -0.15) is 5.10 Å². The van der Waals surface area contributed by atoms with Gasteiger partial charge >= 0.3 is 0 Å². The highest BCUT2D eigenvalue weighted by atomic mass is 127. The van der Waals surface area contributed by atoms with Gasteiger partial charge in [0.1, 0.15) is 6.26 Å². The van der Waals surface area contributed by atoms with E-state index >= 15 is 0 Å². The molecule has 9 heteroatoms. The van der Waals surface area contributed by atoms with E-state index in [2.05, 4.69) is 56.6 Å². The average Bonchev–Trinajstić information content (AvgIpc) is 3.46. The SMILES string of the molecule is CCNC(=NCc1cccc(-n2cccn2)c1)N1CCN(Cc2ccon2)CC1.I. The van der Waals surface area contributed by atoms with Crippen molar-refractivity contribution in [1.82, 2.24) is 30.1 Å². The molecule has 3 heterocycles. The fourth-order valence-corrected chi connectivity index (χ4v) is 3.48. The number of nitrogens with zero attached hydrogens (tertiary/aromatic N) is 6. The number of piperazine rings is 1. The zero-order valence-corrected chi connectivity index (χ0v) is 19.5. The summed E-state index contributed by atoms with van der Waals surface area (Å²) in [4.78, 5) is 9.61. The maximum Gasteiger partial charge on any atom is 0.194 e. The molecule has 1 aliphatic heterocycles. The van der Waals surface area contributed by atoms with Crippen LogP contribution in [-0.4, -0.2) is 63.4 Å². The summed E-state index contributed by atoms with van der Waals surface area (Å²) >= 11 is 0. The molecule has 0 radical (unpaired) electrons. The maximum absolute atomic E-state index is 4.93. The van der Waals surface area contributed by atoms with Crippen molar-refractivity contribution in [2.45, 2.75) is 20.0 Å². The second-order valence-corrected chi connectivity index (χ2v) is 7.04. The molecule has 1 N–H and O–H groups in total. The van der Waals surface area contributed by atoms with Crippen LogP contribution in [-0.2, 0) is 13.1 Å². The highest BCUT2D eigenvalue weighted by Crippen LogP contribution is 2.12. The topological polar surface area (TPSA) is 74.7 Å². The third kappa shape index (κ3) is 5.82. The van der Waals surface area contributed by atoms with Crippen molar-refractivity contribution in [3.63, 3.8) is 0 Å². The number of nitrogens with one attached hydrogen (secondary N) is 1. The van der Waals surface area contributed by atoms with Crippen molar-refractivity contribution in [1.29, 1.82) is 0 Å². The van der Waals surface area contributed by atoms with E-state index in [0.29, 0.717) is 6.54 Å². The minimum Gasteiger partial charge on any atom is -0.364 e. The molecule has 0 amide bonds. The lowest BCUT2D eigenvalue weighted by Crippen LogP contribution is -2.52. The van der Waals surface area contributed by atoms with Crippen LogP contribution in [0.5, 0.6) is 0 Å². The minimum absolute atomic E-state index is 0. The summed E-state index contributed by atoms with van der Waals surface area (Å²) in [6, 6.07) is 12.2. The van der Waals surface area contributed by atoms with Gasteiger partial charge in [0.15, 0.2) is 5.96 Å². The molecule has 4 rings (SSSR count). The molecule has 0 unspecified atom stereocenters. The summed E-state index contributed by atoms with van der Waals surface area (Å²) in [7, 11) is 0. The van der Waals surface area contributed by atoms with Crippen LogP contribution in [0.15, 0.2) is 64.6 Å². The normalized spacial score (nSPS) is 15.1. The first-order valence-electron chi connectivity index (χ1n) is 10.1. The Labute approximate surface area is 194 Å². The first-order chi connectivity index (χ1) is 14.3. The van der Waals surface area contributed by atoms with Crippen LogP contribution in [0.3, 0.4) is 0 Å². The molecule has 0 atom stereocenters. The Bertz CT molecular complexity index is 903. The fraction of sp³-hybridized carbons (Fsp3) is 0.381. The number of hydrogen-bond donors (Lipinski definition) is 1. The summed E-state index contributed by atoms with van der Waals surface area (Å²) in [5.41, 5.74) is 3.20. The molecule has 0 saturated carbocycles. The van der Waals surface area contributed by atoms with E-state index in [1.54, 1.807) is 12.5 Å². The van der Waals surface area contributed by atoms with Gasteiger partial charge in [-0.05, 0) is 30.7 Å². The van der Waals surface area contributed by atoms with Crippen LogP contribution in [0, 0.1) is 0 Å². The second-order valence-electron chi connectivity index (χ2n) is 7.04. The van der Waals surface area contributed by atoms with E-state index in [0.717, 1.165) is 62.2 Å². The summed E-state index contributed by atoms with van der Waals surface area (Å²) in [6.45, 7) is 8.26. The van der Waals surface area contributed by atoms with Crippen molar-refractivity contribution < 1.29 is 4.52 Å². The van der Waals surface area contributed by atoms with Crippen LogP contribution in [0.1, 0.15) is 18.2 Å². The molecule has 160 valence electrons. The molecular weight excluding hydrogens is 493 g/mol. The summed E-state index contributed by atoms with van der Waals surface area (Å²) in [6.07, 6.45) is 5.37. The smallest absolute Gasteiger partial charge is 0.194 e. The van der Waals surface area contributed by atoms with Gasteiger partial charge in [0.05, 0.1) is 17.9 Å². The molecule has 2 aromatic heterocycles. The van der Waals surface area contributed by atoms with Crippen LogP contribution in [0.25, 0.3) is 5.69 Å². The molecule has 8 nitrogen and oxygen atoms in total. The monoisotopic (exact) mass is 521 g/mol. The number of hydrogen-bond acceptors (Lipinski definition) is 5. The van der Waals surface area contributed by atoms with E-state index in [9.17, 15) is 0 Å². The van der Waals surface area contributed by atoms with Gasteiger partial charge in [-0.3, -0.25) is 4.90 Å². The number of rotatable bonds is 6. The van der Waals surface area contributed by atoms with Gasteiger partial charge in [0.2, 0.25) is 0 Å². The predicted octanol–water partition coefficient (Wildman–Crippen LogP) is 2.76. The molecule has 30 heavy (non-hydrogen) atoms. The summed E-state index contributed by atoms with van der Waals surface area (Å²) in [5.74, 6) is 0.970. The van der Waals surface area contributed by atoms with Crippen LogP contribution >= 0.6 is 24.0 Å². The van der Waals surface area contributed by atoms with Crippen molar-refractivity contribution in [3.05, 3.63) is 66.3 Å². The van der Waals surface area contributed by atoms with E-state index in [-0.39, 0.29) is 24.0 Å². The fourth-order valence-electron chi connectivity index (χ4n) is 3.48. The summed E-state index contributed by atoms with van der Waals surface area (Å²) in [5, 5.41) is 11.8. The average molecular weight is 521 g/mol. The van der Waals surface area contributed by atoms with Crippen LogP contribution < -0.4 is 5.32 Å². The van der Waals surface area contributed by atoms with E-state index in [1.165, 1.54) is 0 Å². The Morgan fingerprint density at radius 1 is 1.17 bits per heavy atom. The molecule has 0 bridgehead atoms.